The summed E-state index contributed by atoms with van der Waals surface area (Å²) < 4.78 is 0. The van der Waals surface area contributed by atoms with Crippen LogP contribution in [-0.2, 0) is 6.61 Å². The van der Waals surface area contributed by atoms with Crippen molar-refractivity contribution in [3.63, 3.8) is 0 Å². The second-order valence-electron chi connectivity index (χ2n) is 3.56. The van der Waals surface area contributed by atoms with E-state index in [2.05, 4.69) is 17.7 Å². The van der Waals surface area contributed by atoms with Crippen LogP contribution in [0.2, 0.25) is 5.02 Å². The number of aliphatic hydroxyl groups excluding tert-OH is 1. The molecule has 0 aromatic heterocycles. The van der Waals surface area contributed by atoms with Gasteiger partial charge in [0.15, 0.2) is 0 Å². The first-order valence-corrected chi connectivity index (χ1v) is 5.68. The molecule has 0 saturated heterocycles. The van der Waals surface area contributed by atoms with Crippen LogP contribution in [0.4, 0.5) is 5.69 Å². The van der Waals surface area contributed by atoms with Gasteiger partial charge in [-0.1, -0.05) is 30.5 Å². The van der Waals surface area contributed by atoms with Crippen molar-refractivity contribution in [2.24, 2.45) is 0 Å². The molecule has 3 heteroatoms. The van der Waals surface area contributed by atoms with Gasteiger partial charge in [-0.15, -0.1) is 6.42 Å². The van der Waals surface area contributed by atoms with Gasteiger partial charge in [0.1, 0.15) is 0 Å². The summed E-state index contributed by atoms with van der Waals surface area (Å²) >= 11 is 5.96. The summed E-state index contributed by atoms with van der Waals surface area (Å²) in [4.78, 5) is 2.05. The largest absolute Gasteiger partial charge is 0.392 e. The third-order valence-electron chi connectivity index (χ3n) is 2.33. The van der Waals surface area contributed by atoms with Gasteiger partial charge >= 0.3 is 0 Å². The first-order chi connectivity index (χ1) is 7.72. The summed E-state index contributed by atoms with van der Waals surface area (Å²) in [5.41, 5.74) is 1.78. The monoisotopic (exact) mass is 237 g/mol. The number of benzene rings is 1. The van der Waals surface area contributed by atoms with Gasteiger partial charge in [0.2, 0.25) is 0 Å². The molecule has 16 heavy (non-hydrogen) atoms. The number of nitrogens with zero attached hydrogens (tertiary/aromatic N) is 1. The van der Waals surface area contributed by atoms with Crippen molar-refractivity contribution < 1.29 is 5.11 Å². The number of anilines is 1. The highest BCUT2D eigenvalue weighted by molar-refractivity contribution is 6.30. The van der Waals surface area contributed by atoms with Crippen molar-refractivity contribution in [1.29, 1.82) is 0 Å². The summed E-state index contributed by atoms with van der Waals surface area (Å²) in [5, 5.41) is 9.93. The van der Waals surface area contributed by atoms with E-state index < -0.39 is 0 Å². The van der Waals surface area contributed by atoms with Crippen molar-refractivity contribution in [2.45, 2.75) is 20.0 Å². The van der Waals surface area contributed by atoms with E-state index in [1.807, 2.05) is 12.1 Å². The Morgan fingerprint density at radius 2 is 2.25 bits per heavy atom. The minimum absolute atomic E-state index is 0.00269. The van der Waals surface area contributed by atoms with E-state index in [4.69, 9.17) is 18.0 Å². The predicted molar refractivity (Wildman–Crippen MR) is 68.7 cm³/mol. The van der Waals surface area contributed by atoms with Gasteiger partial charge in [0.05, 0.1) is 13.2 Å². The number of terminal acetylenes is 1. The molecule has 0 saturated carbocycles. The minimum Gasteiger partial charge on any atom is -0.392 e. The average Bonchev–Trinajstić information content (AvgIpc) is 2.29. The highest BCUT2D eigenvalue weighted by Gasteiger charge is 2.09. The van der Waals surface area contributed by atoms with Gasteiger partial charge in [-0.2, -0.15) is 0 Å². The van der Waals surface area contributed by atoms with Crippen molar-refractivity contribution >= 4 is 17.3 Å². The summed E-state index contributed by atoms with van der Waals surface area (Å²) in [7, 11) is 0. The highest BCUT2D eigenvalue weighted by atomic mass is 35.5. The summed E-state index contributed by atoms with van der Waals surface area (Å²) in [6, 6.07) is 5.45. The fourth-order valence-electron chi connectivity index (χ4n) is 1.63. The molecule has 0 fully saturated rings. The Balaban J connectivity index is 3.06. The Bertz CT molecular complexity index is 384. The van der Waals surface area contributed by atoms with Crippen LogP contribution in [-0.4, -0.2) is 18.2 Å². The maximum absolute atomic E-state index is 9.27. The van der Waals surface area contributed by atoms with Crippen LogP contribution in [0.1, 0.15) is 18.9 Å². The van der Waals surface area contributed by atoms with Crippen LogP contribution in [0.25, 0.3) is 0 Å². The Kier molecular flexibility index (Phi) is 5.18. The maximum atomic E-state index is 9.27. The third-order valence-corrected chi connectivity index (χ3v) is 2.57. The first-order valence-electron chi connectivity index (χ1n) is 5.30. The van der Waals surface area contributed by atoms with Crippen LogP contribution >= 0.6 is 11.6 Å². The smallest absolute Gasteiger partial charge is 0.0791 e. The lowest BCUT2D eigenvalue weighted by atomic mass is 10.1. The lowest BCUT2D eigenvalue weighted by Crippen LogP contribution is -2.25. The topological polar surface area (TPSA) is 23.5 Å². The Labute approximate surface area is 102 Å². The maximum Gasteiger partial charge on any atom is 0.0791 e. The summed E-state index contributed by atoms with van der Waals surface area (Å²) in [5.74, 6) is 2.62. The van der Waals surface area contributed by atoms with Crippen molar-refractivity contribution in [3.05, 3.63) is 28.8 Å². The van der Waals surface area contributed by atoms with Gasteiger partial charge in [0, 0.05) is 22.8 Å². The minimum atomic E-state index is -0.00269. The molecule has 0 heterocycles. The molecule has 0 radical (unpaired) electrons. The molecule has 0 spiro atoms. The normalized spacial score (nSPS) is 9.88. The van der Waals surface area contributed by atoms with Crippen LogP contribution in [0.5, 0.6) is 0 Å². The molecular formula is C13H16ClNO. The predicted octanol–water partition coefficient (Wildman–Crippen LogP) is 2.68. The zero-order chi connectivity index (χ0) is 12.0. The zero-order valence-corrected chi connectivity index (χ0v) is 10.2. The molecule has 0 atom stereocenters. The second kappa shape index (κ2) is 6.42. The average molecular weight is 238 g/mol. The van der Waals surface area contributed by atoms with Gasteiger partial charge in [-0.05, 0) is 18.6 Å². The highest BCUT2D eigenvalue weighted by Crippen LogP contribution is 2.25. The molecule has 0 aliphatic rings. The van der Waals surface area contributed by atoms with Gasteiger partial charge in [-0.3, -0.25) is 0 Å². The Morgan fingerprint density at radius 1 is 1.50 bits per heavy atom. The lowest BCUT2D eigenvalue weighted by Gasteiger charge is -2.24. The van der Waals surface area contributed by atoms with Gasteiger partial charge < -0.3 is 10.0 Å². The quantitative estimate of drug-likeness (QED) is 0.796. The van der Waals surface area contributed by atoms with E-state index in [-0.39, 0.29) is 6.61 Å². The molecule has 1 aromatic carbocycles. The molecule has 0 amide bonds. The fourth-order valence-corrected chi connectivity index (χ4v) is 1.80. The number of aliphatic hydroxyl groups is 1. The van der Waals surface area contributed by atoms with E-state index >= 15 is 0 Å². The lowest BCUT2D eigenvalue weighted by molar-refractivity contribution is 0.282. The van der Waals surface area contributed by atoms with Gasteiger partial charge in [-0.25, -0.2) is 0 Å². The number of rotatable bonds is 5. The fraction of sp³-hybridized carbons (Fsp3) is 0.385. The standard InChI is InChI=1S/C13H16ClNO/c1-3-7-15(8-4-2)13-9-12(14)6-5-11(13)10-16/h1,5-6,9,16H,4,7-8,10H2,2H3. The number of halogens is 1. The van der Waals surface area contributed by atoms with Crippen molar-refractivity contribution in [2.75, 3.05) is 18.0 Å². The van der Waals surface area contributed by atoms with E-state index in [9.17, 15) is 5.11 Å². The second-order valence-corrected chi connectivity index (χ2v) is 3.99. The van der Waals surface area contributed by atoms with Crippen LogP contribution in [0.3, 0.4) is 0 Å². The molecule has 0 aliphatic carbocycles. The van der Waals surface area contributed by atoms with Crippen LogP contribution in [0.15, 0.2) is 18.2 Å². The van der Waals surface area contributed by atoms with Crippen LogP contribution in [0, 0.1) is 12.3 Å². The Morgan fingerprint density at radius 3 is 2.81 bits per heavy atom. The SMILES string of the molecule is C#CCN(CCC)c1cc(Cl)ccc1CO. The van der Waals surface area contributed by atoms with E-state index in [1.165, 1.54) is 0 Å². The summed E-state index contributed by atoms with van der Waals surface area (Å²) in [6.07, 6.45) is 6.34. The molecule has 0 aliphatic heterocycles. The molecule has 0 bridgehead atoms. The number of hydrogen-bond donors (Lipinski definition) is 1. The Hall–Kier alpha value is -1.17. The molecule has 1 aromatic rings. The number of hydrogen-bond acceptors (Lipinski definition) is 2. The summed E-state index contributed by atoms with van der Waals surface area (Å²) in [6.45, 7) is 3.47. The molecule has 1 N–H and O–H groups in total. The third kappa shape index (κ3) is 3.16. The molecule has 1 rings (SSSR count). The molecular weight excluding hydrogens is 222 g/mol. The zero-order valence-electron chi connectivity index (χ0n) is 9.41. The molecule has 0 unspecified atom stereocenters. The van der Waals surface area contributed by atoms with E-state index in [0.717, 1.165) is 24.2 Å². The van der Waals surface area contributed by atoms with Crippen molar-refractivity contribution in [1.82, 2.24) is 0 Å². The first kappa shape index (κ1) is 12.9. The molecule has 2 nitrogen and oxygen atoms in total. The van der Waals surface area contributed by atoms with Gasteiger partial charge in [0.25, 0.3) is 0 Å². The van der Waals surface area contributed by atoms with E-state index in [0.29, 0.717) is 11.6 Å². The van der Waals surface area contributed by atoms with Crippen LogP contribution < -0.4 is 4.90 Å². The van der Waals surface area contributed by atoms with Crippen molar-refractivity contribution in [3.8, 4) is 12.3 Å². The van der Waals surface area contributed by atoms with E-state index in [1.54, 1.807) is 6.07 Å². The molecule has 86 valence electrons.